The van der Waals surface area contributed by atoms with Crippen LogP contribution < -0.4 is 4.74 Å². The van der Waals surface area contributed by atoms with E-state index in [4.69, 9.17) is 19.5 Å². The maximum atomic E-state index is 6.41. The summed E-state index contributed by atoms with van der Waals surface area (Å²) in [5, 5.41) is 2.31. The summed E-state index contributed by atoms with van der Waals surface area (Å²) in [5.74, 6) is 2.58. The van der Waals surface area contributed by atoms with E-state index < -0.39 is 0 Å². The largest absolute Gasteiger partial charge is 2.00 e. The SMILES string of the molecule is Cc1cc(Oc2[c-]c(-n3c4ccc(C)cc4c4cccnc43)cc(C)c2)[c-]c(C2=N[C@H](C3CCCCC3)CO2)c1.[Pt+2]. The first-order valence-electron chi connectivity index (χ1n) is 14.3. The van der Waals surface area contributed by atoms with Gasteiger partial charge >= 0.3 is 21.1 Å². The number of benzene rings is 3. The van der Waals surface area contributed by atoms with Crippen LogP contribution in [0.25, 0.3) is 27.6 Å². The van der Waals surface area contributed by atoms with Crippen LogP contribution in [-0.2, 0) is 25.8 Å². The maximum absolute atomic E-state index is 6.41. The van der Waals surface area contributed by atoms with Crippen LogP contribution in [0.4, 0.5) is 0 Å². The maximum Gasteiger partial charge on any atom is 2.00 e. The van der Waals surface area contributed by atoms with E-state index in [1.807, 2.05) is 24.4 Å². The third kappa shape index (κ3) is 5.45. The molecule has 0 saturated heterocycles. The monoisotopic (exact) mass is 722 g/mol. The molecule has 6 heteroatoms. The first-order valence-corrected chi connectivity index (χ1v) is 14.3. The van der Waals surface area contributed by atoms with Gasteiger partial charge in [0.2, 0.25) is 0 Å². The first kappa shape index (κ1) is 27.7. The summed E-state index contributed by atoms with van der Waals surface area (Å²) in [5.41, 5.74) is 7.12. The van der Waals surface area contributed by atoms with E-state index in [0.29, 0.717) is 29.9 Å². The van der Waals surface area contributed by atoms with Crippen LogP contribution in [-0.4, -0.2) is 28.1 Å². The molecule has 0 radical (unpaired) electrons. The molecule has 0 spiro atoms. The third-order valence-corrected chi connectivity index (χ3v) is 8.20. The minimum Gasteiger partial charge on any atom is -0.518 e. The van der Waals surface area contributed by atoms with E-state index in [9.17, 15) is 0 Å². The number of aromatic nitrogens is 2. The summed E-state index contributed by atoms with van der Waals surface area (Å²) < 4.78 is 14.7. The molecule has 5 aromatic rings. The molecule has 0 bridgehead atoms. The molecule has 5 nitrogen and oxygen atoms in total. The Morgan fingerprint density at radius 3 is 2.46 bits per heavy atom. The number of hydrogen-bond donors (Lipinski definition) is 0. The van der Waals surface area contributed by atoms with E-state index >= 15 is 0 Å². The molecule has 0 amide bonds. The summed E-state index contributed by atoms with van der Waals surface area (Å²) in [4.78, 5) is 9.73. The van der Waals surface area contributed by atoms with Crippen molar-refractivity contribution in [3.05, 3.63) is 95.2 Å². The number of rotatable bonds is 5. The Morgan fingerprint density at radius 2 is 1.63 bits per heavy atom. The number of ether oxygens (including phenoxy) is 2. The Morgan fingerprint density at radius 1 is 0.854 bits per heavy atom. The summed E-state index contributed by atoms with van der Waals surface area (Å²) >= 11 is 0. The van der Waals surface area contributed by atoms with Crippen molar-refractivity contribution >= 4 is 27.8 Å². The number of hydrogen-bond acceptors (Lipinski definition) is 4. The quantitative estimate of drug-likeness (QED) is 0.172. The van der Waals surface area contributed by atoms with Crippen LogP contribution >= 0.6 is 0 Å². The molecule has 1 aliphatic carbocycles. The van der Waals surface area contributed by atoms with Gasteiger partial charge in [0.15, 0.2) is 0 Å². The first-order chi connectivity index (χ1) is 19.5. The van der Waals surface area contributed by atoms with Crippen molar-refractivity contribution < 1.29 is 30.5 Å². The average molecular weight is 723 g/mol. The summed E-state index contributed by atoms with van der Waals surface area (Å²) in [6.45, 7) is 6.93. The van der Waals surface area contributed by atoms with Gasteiger partial charge in [-0.2, -0.15) is 5.56 Å². The molecular weight excluding hydrogens is 689 g/mol. The number of fused-ring (bicyclic) bond motifs is 3. The Kier molecular flexibility index (Phi) is 7.74. The molecule has 2 aromatic heterocycles. The summed E-state index contributed by atoms with van der Waals surface area (Å²) in [6.07, 6.45) is 8.30. The number of aryl methyl sites for hydroxylation is 3. The van der Waals surface area contributed by atoms with Gasteiger partial charge in [0.1, 0.15) is 11.5 Å². The smallest absolute Gasteiger partial charge is 0.518 e. The second kappa shape index (κ2) is 11.4. The second-order valence-electron chi connectivity index (χ2n) is 11.4. The van der Waals surface area contributed by atoms with E-state index in [2.05, 4.69) is 73.9 Å². The number of nitrogens with zero attached hydrogens (tertiary/aromatic N) is 3. The van der Waals surface area contributed by atoms with Gasteiger partial charge in [0.05, 0.1) is 18.2 Å². The predicted octanol–water partition coefficient (Wildman–Crippen LogP) is 8.22. The molecule has 2 aliphatic rings. The number of aliphatic imine (C=N–C) groups is 1. The zero-order chi connectivity index (χ0) is 27.2. The molecule has 1 aliphatic heterocycles. The zero-order valence-corrected chi connectivity index (χ0v) is 25.9. The van der Waals surface area contributed by atoms with Gasteiger partial charge in [-0.1, -0.05) is 68.1 Å². The third-order valence-electron chi connectivity index (χ3n) is 8.20. The fourth-order valence-electron chi connectivity index (χ4n) is 6.31. The van der Waals surface area contributed by atoms with Crippen LogP contribution in [0, 0.1) is 38.8 Å². The van der Waals surface area contributed by atoms with E-state index in [1.54, 1.807) is 0 Å². The van der Waals surface area contributed by atoms with Crippen molar-refractivity contribution in [2.45, 2.75) is 58.9 Å². The summed E-state index contributed by atoms with van der Waals surface area (Å²) in [6, 6.07) is 26.0. The van der Waals surface area contributed by atoms with Crippen molar-refractivity contribution in [2.24, 2.45) is 10.9 Å². The fourth-order valence-corrected chi connectivity index (χ4v) is 6.31. The Hall–Kier alpha value is -3.43. The fraction of sp³-hybridized carbons (Fsp3) is 0.314. The Bertz CT molecular complexity index is 1770. The number of pyridine rings is 1. The van der Waals surface area contributed by atoms with Gasteiger partial charge in [-0.05, 0) is 49.9 Å². The topological polar surface area (TPSA) is 48.6 Å². The average Bonchev–Trinajstić information content (AvgIpc) is 3.56. The molecular formula is C35H33N3O2Pt. The second-order valence-corrected chi connectivity index (χ2v) is 11.4. The zero-order valence-electron chi connectivity index (χ0n) is 23.6. The van der Waals surface area contributed by atoms with Crippen LogP contribution in [0.15, 0.2) is 65.8 Å². The molecule has 1 fully saturated rings. The molecule has 0 unspecified atom stereocenters. The van der Waals surface area contributed by atoms with Gasteiger partial charge in [0.25, 0.3) is 0 Å². The van der Waals surface area contributed by atoms with Gasteiger partial charge in [-0.25, -0.2) is 4.98 Å². The van der Waals surface area contributed by atoms with Crippen LogP contribution in [0.3, 0.4) is 0 Å². The van der Waals surface area contributed by atoms with Crippen molar-refractivity contribution in [3.63, 3.8) is 0 Å². The van der Waals surface area contributed by atoms with Crippen LogP contribution in [0.5, 0.6) is 11.5 Å². The Labute approximate surface area is 255 Å². The van der Waals surface area contributed by atoms with Crippen LogP contribution in [0.1, 0.15) is 54.4 Å². The Balaban J connectivity index is 0.00000302. The van der Waals surface area contributed by atoms with Gasteiger partial charge in [0, 0.05) is 28.5 Å². The molecule has 3 heterocycles. The van der Waals surface area contributed by atoms with Crippen molar-refractivity contribution in [1.29, 1.82) is 0 Å². The molecule has 41 heavy (non-hydrogen) atoms. The molecule has 1 saturated carbocycles. The molecule has 3 aromatic carbocycles. The van der Waals surface area contributed by atoms with Crippen LogP contribution in [0.2, 0.25) is 0 Å². The van der Waals surface area contributed by atoms with Crippen molar-refractivity contribution in [3.8, 4) is 17.2 Å². The molecule has 0 N–H and O–H groups in total. The standard InChI is InChI=1S/C35H33N3O2.Pt/c1-22-11-12-33-31(18-22)30-10-7-13-36-34(30)38(33)27-15-24(3)17-29(20-27)40-28-16-23(2)14-26(19-28)35-37-32(21-39-35)25-8-5-4-6-9-25;/h7,10-18,25,32H,4-6,8-9,21H2,1-3H3;/q-2;+2/t32-;/m0./s1. The van der Waals surface area contributed by atoms with Crippen molar-refractivity contribution in [1.82, 2.24) is 9.55 Å². The van der Waals surface area contributed by atoms with Gasteiger partial charge in [-0.15, -0.1) is 29.8 Å². The van der Waals surface area contributed by atoms with E-state index in [0.717, 1.165) is 38.9 Å². The van der Waals surface area contributed by atoms with E-state index in [1.165, 1.54) is 43.1 Å². The minimum atomic E-state index is 0. The van der Waals surface area contributed by atoms with Gasteiger partial charge in [-0.3, -0.25) is 4.99 Å². The molecule has 1 atom stereocenters. The molecule has 7 rings (SSSR count). The van der Waals surface area contributed by atoms with E-state index in [-0.39, 0.29) is 27.1 Å². The normalized spacial score (nSPS) is 17.3. The summed E-state index contributed by atoms with van der Waals surface area (Å²) in [7, 11) is 0. The van der Waals surface area contributed by atoms with Crippen molar-refractivity contribution in [2.75, 3.05) is 6.61 Å². The predicted molar refractivity (Wildman–Crippen MR) is 160 cm³/mol. The molecule has 210 valence electrons. The van der Waals surface area contributed by atoms with Gasteiger partial charge < -0.3 is 14.0 Å². The minimum absolute atomic E-state index is 0.